The molecule has 0 amide bonds. The van der Waals surface area contributed by atoms with E-state index in [0.717, 1.165) is 38.3 Å². The highest BCUT2D eigenvalue weighted by molar-refractivity contribution is 5.26. The van der Waals surface area contributed by atoms with E-state index in [4.69, 9.17) is 9.15 Å². The number of nitrogens with zero attached hydrogens (tertiary/aromatic N) is 1. The van der Waals surface area contributed by atoms with Gasteiger partial charge >= 0.3 is 0 Å². The van der Waals surface area contributed by atoms with Crippen molar-refractivity contribution in [1.82, 2.24) is 4.90 Å². The van der Waals surface area contributed by atoms with Crippen LogP contribution in [0, 0.1) is 28.6 Å². The average Bonchev–Trinajstić information content (AvgIpc) is 3.55. The molecule has 4 saturated carbocycles. The van der Waals surface area contributed by atoms with Crippen molar-refractivity contribution >= 4 is 0 Å². The number of likely N-dealkylation sites (tertiary alicyclic amines) is 1. The number of fused-ring (bicyclic) bond motifs is 5. The topological polar surface area (TPSA) is 45.8 Å². The van der Waals surface area contributed by atoms with Crippen LogP contribution in [0.5, 0.6) is 0 Å². The average molecular weight is 456 g/mol. The Labute approximate surface area is 200 Å². The van der Waals surface area contributed by atoms with Gasteiger partial charge in [0.25, 0.3) is 0 Å². The van der Waals surface area contributed by atoms with Crippen molar-refractivity contribution in [2.75, 3.05) is 26.2 Å². The van der Waals surface area contributed by atoms with Crippen molar-refractivity contribution < 1.29 is 14.3 Å². The molecule has 4 aliphatic carbocycles. The van der Waals surface area contributed by atoms with Crippen LogP contribution >= 0.6 is 0 Å². The van der Waals surface area contributed by atoms with Gasteiger partial charge in [-0.15, -0.1) is 0 Å². The second-order valence-electron chi connectivity index (χ2n) is 12.8. The first kappa shape index (κ1) is 22.6. The highest BCUT2D eigenvalue weighted by atomic mass is 16.5. The van der Waals surface area contributed by atoms with Crippen LogP contribution < -0.4 is 0 Å². The van der Waals surface area contributed by atoms with Gasteiger partial charge in [-0.1, -0.05) is 13.8 Å². The minimum absolute atomic E-state index is 0.0167. The Morgan fingerprint density at radius 2 is 1.88 bits per heavy atom. The number of furan rings is 1. The van der Waals surface area contributed by atoms with Gasteiger partial charge in [0.2, 0.25) is 0 Å². The predicted molar refractivity (Wildman–Crippen MR) is 130 cm³/mol. The van der Waals surface area contributed by atoms with Crippen LogP contribution in [0.15, 0.2) is 23.0 Å². The van der Waals surface area contributed by atoms with Crippen LogP contribution in [0.4, 0.5) is 0 Å². The summed E-state index contributed by atoms with van der Waals surface area (Å²) in [6.45, 7) is 9.54. The Morgan fingerprint density at radius 3 is 2.67 bits per heavy atom. The second kappa shape index (κ2) is 8.38. The summed E-state index contributed by atoms with van der Waals surface area (Å²) in [4.78, 5) is 2.57. The molecular formula is C29H45NO3. The summed E-state index contributed by atoms with van der Waals surface area (Å²) in [7, 11) is 0. The van der Waals surface area contributed by atoms with E-state index in [1.807, 2.05) is 6.26 Å². The Kier molecular flexibility index (Phi) is 5.74. The third kappa shape index (κ3) is 3.49. The fraction of sp³-hybridized carbons (Fsp3) is 0.862. The molecule has 5 fully saturated rings. The molecule has 5 aliphatic rings. The van der Waals surface area contributed by atoms with Crippen LogP contribution in [-0.4, -0.2) is 48.0 Å². The Morgan fingerprint density at radius 1 is 1.03 bits per heavy atom. The molecule has 8 atom stereocenters. The largest absolute Gasteiger partial charge is 0.472 e. The molecule has 2 heterocycles. The van der Waals surface area contributed by atoms with Crippen LogP contribution in [0.3, 0.4) is 0 Å². The van der Waals surface area contributed by atoms with Gasteiger partial charge in [0.1, 0.15) is 0 Å². The first-order valence-corrected chi connectivity index (χ1v) is 14.0. The quantitative estimate of drug-likeness (QED) is 0.591. The molecule has 0 aromatic carbocycles. The zero-order valence-electron chi connectivity index (χ0n) is 20.9. The summed E-state index contributed by atoms with van der Waals surface area (Å²) >= 11 is 0. The monoisotopic (exact) mass is 455 g/mol. The second-order valence-corrected chi connectivity index (χ2v) is 12.8. The first-order valence-electron chi connectivity index (χ1n) is 14.0. The third-order valence-electron chi connectivity index (χ3n) is 11.7. The molecule has 1 saturated heterocycles. The Balaban J connectivity index is 1.14. The number of rotatable bonds is 5. The first-order chi connectivity index (χ1) is 15.9. The molecule has 4 heteroatoms. The fourth-order valence-corrected chi connectivity index (χ4v) is 9.70. The van der Waals surface area contributed by atoms with Gasteiger partial charge in [-0.05, 0) is 124 Å². The van der Waals surface area contributed by atoms with Crippen LogP contribution in [0.25, 0.3) is 0 Å². The molecule has 1 aromatic heterocycles. The molecule has 184 valence electrons. The van der Waals surface area contributed by atoms with Crippen molar-refractivity contribution in [3.8, 4) is 0 Å². The lowest BCUT2D eigenvalue weighted by atomic mass is 9.43. The van der Waals surface area contributed by atoms with Gasteiger partial charge in [0.15, 0.2) is 0 Å². The summed E-state index contributed by atoms with van der Waals surface area (Å²) in [5.74, 6) is 2.33. The van der Waals surface area contributed by atoms with E-state index in [0.29, 0.717) is 29.3 Å². The van der Waals surface area contributed by atoms with Crippen molar-refractivity contribution in [2.45, 2.75) is 102 Å². The van der Waals surface area contributed by atoms with Crippen LogP contribution in [-0.2, 0) is 4.74 Å². The number of ether oxygens (including phenoxy) is 1. The predicted octanol–water partition coefficient (Wildman–Crippen LogP) is 6.00. The Hall–Kier alpha value is -0.840. The molecule has 4 nitrogen and oxygen atoms in total. The van der Waals surface area contributed by atoms with Crippen molar-refractivity contribution in [2.24, 2.45) is 28.6 Å². The molecular weight excluding hydrogens is 410 g/mol. The maximum atomic E-state index is 12.4. The lowest BCUT2D eigenvalue weighted by Crippen LogP contribution is -2.62. The highest BCUT2D eigenvalue weighted by Gasteiger charge is 2.67. The zero-order chi connectivity index (χ0) is 22.7. The minimum atomic E-state index is -0.519. The number of aliphatic hydroxyl groups is 1. The maximum Gasteiger partial charge on any atom is 0.0937 e. The maximum absolute atomic E-state index is 12.4. The van der Waals surface area contributed by atoms with Crippen molar-refractivity contribution in [3.63, 3.8) is 0 Å². The molecule has 0 radical (unpaired) electrons. The standard InChI is InChI=1S/C29H45NO3/c1-27-11-7-23(33-18-16-30-14-3-4-15-30)19-22(27)5-6-26-25(27)8-12-28(2)24(9-13-29(26,28)31)21-10-17-32-20-21/h10,17,20,22-26,31H,3-9,11-16,18-19H2,1-2H3/t22-,23-,24+,25-,26+,27-,28+,29-/m0/s1. The van der Waals surface area contributed by atoms with Gasteiger partial charge in [-0.25, -0.2) is 0 Å². The third-order valence-corrected chi connectivity index (χ3v) is 11.7. The molecule has 0 bridgehead atoms. The summed E-state index contributed by atoms with van der Waals surface area (Å²) in [5.41, 5.74) is 1.15. The van der Waals surface area contributed by atoms with Gasteiger partial charge in [-0.2, -0.15) is 0 Å². The Bertz CT molecular complexity index is 819. The van der Waals surface area contributed by atoms with Gasteiger partial charge in [0.05, 0.1) is 30.8 Å². The SMILES string of the molecule is C[C@]12CC[C@H](OCCN3CCCC3)C[C@@H]1CC[C@@H]1[C@@H]2CC[C@]2(C)[C@@H](c3ccoc3)CC[C@]12O. The summed E-state index contributed by atoms with van der Waals surface area (Å²) in [6.07, 6.45) is 17.6. The van der Waals surface area contributed by atoms with Gasteiger partial charge < -0.3 is 19.2 Å². The molecule has 1 N–H and O–H groups in total. The molecule has 33 heavy (non-hydrogen) atoms. The van der Waals surface area contributed by atoms with E-state index in [1.54, 1.807) is 6.26 Å². The zero-order valence-corrected chi connectivity index (χ0v) is 20.9. The lowest BCUT2D eigenvalue weighted by molar-refractivity contribution is -0.207. The lowest BCUT2D eigenvalue weighted by Gasteiger charge is -2.63. The number of hydrogen-bond donors (Lipinski definition) is 1. The van der Waals surface area contributed by atoms with E-state index in [9.17, 15) is 5.11 Å². The normalized spacial score (nSPS) is 47.8. The van der Waals surface area contributed by atoms with E-state index in [-0.39, 0.29) is 5.41 Å². The van der Waals surface area contributed by atoms with Crippen LogP contribution in [0.2, 0.25) is 0 Å². The molecule has 6 rings (SSSR count). The summed E-state index contributed by atoms with van der Waals surface area (Å²) in [5, 5.41) is 12.4. The molecule has 1 aliphatic heterocycles. The van der Waals surface area contributed by atoms with Gasteiger partial charge in [-0.3, -0.25) is 0 Å². The molecule has 0 spiro atoms. The van der Waals surface area contributed by atoms with Crippen molar-refractivity contribution in [1.29, 1.82) is 0 Å². The van der Waals surface area contributed by atoms with E-state index >= 15 is 0 Å². The smallest absolute Gasteiger partial charge is 0.0937 e. The molecule has 1 aromatic rings. The highest BCUT2D eigenvalue weighted by Crippen LogP contribution is 2.70. The summed E-state index contributed by atoms with van der Waals surface area (Å²) < 4.78 is 11.9. The summed E-state index contributed by atoms with van der Waals surface area (Å²) in [6, 6.07) is 2.14. The van der Waals surface area contributed by atoms with Crippen molar-refractivity contribution in [3.05, 3.63) is 24.2 Å². The van der Waals surface area contributed by atoms with E-state index in [1.165, 1.54) is 70.0 Å². The van der Waals surface area contributed by atoms with Gasteiger partial charge in [0, 0.05) is 12.0 Å². The van der Waals surface area contributed by atoms with E-state index < -0.39 is 5.60 Å². The minimum Gasteiger partial charge on any atom is -0.472 e. The van der Waals surface area contributed by atoms with E-state index in [2.05, 4.69) is 24.8 Å². The molecule has 0 unspecified atom stereocenters. The van der Waals surface area contributed by atoms with Crippen LogP contribution in [0.1, 0.15) is 96.0 Å². The fourth-order valence-electron chi connectivity index (χ4n) is 9.70. The number of hydrogen-bond acceptors (Lipinski definition) is 4.